The number of rotatable bonds is 6. The lowest BCUT2D eigenvalue weighted by atomic mass is 10.2. The Morgan fingerprint density at radius 1 is 0.810 bits per heavy atom. The SMILES string of the molecule is Nc1ccc(OCC(N)COc2ccc(N)cc2N)cc1. The van der Waals surface area contributed by atoms with E-state index in [1.165, 1.54) is 0 Å². The molecule has 2 aromatic carbocycles. The summed E-state index contributed by atoms with van der Waals surface area (Å²) in [5, 5.41) is 0. The van der Waals surface area contributed by atoms with Crippen LogP contribution in [0.5, 0.6) is 11.5 Å². The van der Waals surface area contributed by atoms with Gasteiger partial charge in [0.05, 0.1) is 11.7 Å². The van der Waals surface area contributed by atoms with Crippen LogP contribution in [0.4, 0.5) is 17.1 Å². The predicted octanol–water partition coefficient (Wildman–Crippen LogP) is 1.22. The van der Waals surface area contributed by atoms with Crippen molar-refractivity contribution in [3.05, 3.63) is 42.5 Å². The fourth-order valence-corrected chi connectivity index (χ4v) is 1.71. The van der Waals surface area contributed by atoms with Crippen molar-refractivity contribution in [2.75, 3.05) is 30.4 Å². The van der Waals surface area contributed by atoms with Crippen molar-refractivity contribution in [1.82, 2.24) is 0 Å². The molecule has 0 amide bonds. The van der Waals surface area contributed by atoms with Gasteiger partial charge in [-0.3, -0.25) is 0 Å². The van der Waals surface area contributed by atoms with E-state index in [2.05, 4.69) is 0 Å². The van der Waals surface area contributed by atoms with Crippen LogP contribution in [0, 0.1) is 0 Å². The smallest absolute Gasteiger partial charge is 0.142 e. The van der Waals surface area contributed by atoms with Crippen LogP contribution in [-0.2, 0) is 0 Å². The van der Waals surface area contributed by atoms with Gasteiger partial charge in [0.2, 0.25) is 0 Å². The highest BCUT2D eigenvalue weighted by molar-refractivity contribution is 5.60. The maximum atomic E-state index is 5.94. The molecule has 1 atom stereocenters. The summed E-state index contributed by atoms with van der Waals surface area (Å²) in [6.45, 7) is 0.627. The van der Waals surface area contributed by atoms with Crippen molar-refractivity contribution in [1.29, 1.82) is 0 Å². The third-order valence-electron chi connectivity index (χ3n) is 2.83. The topological polar surface area (TPSA) is 123 Å². The van der Waals surface area contributed by atoms with E-state index in [-0.39, 0.29) is 6.04 Å². The van der Waals surface area contributed by atoms with Crippen molar-refractivity contribution < 1.29 is 9.47 Å². The molecule has 0 saturated heterocycles. The van der Waals surface area contributed by atoms with E-state index in [4.69, 9.17) is 32.4 Å². The van der Waals surface area contributed by atoms with Gasteiger partial charge in [0.1, 0.15) is 24.7 Å². The summed E-state index contributed by atoms with van der Waals surface area (Å²) in [7, 11) is 0. The molecule has 0 spiro atoms. The number of nitrogen functional groups attached to an aromatic ring is 3. The normalized spacial score (nSPS) is 11.9. The van der Waals surface area contributed by atoms with Crippen molar-refractivity contribution in [3.8, 4) is 11.5 Å². The van der Waals surface area contributed by atoms with Gasteiger partial charge in [-0.2, -0.15) is 0 Å². The number of hydrogen-bond donors (Lipinski definition) is 4. The Morgan fingerprint density at radius 2 is 1.43 bits per heavy atom. The molecule has 0 heterocycles. The van der Waals surface area contributed by atoms with Gasteiger partial charge in [0.25, 0.3) is 0 Å². The molecule has 6 nitrogen and oxygen atoms in total. The average Bonchev–Trinajstić information content (AvgIpc) is 2.46. The zero-order chi connectivity index (χ0) is 15.2. The molecule has 0 bridgehead atoms. The number of hydrogen-bond acceptors (Lipinski definition) is 6. The molecule has 21 heavy (non-hydrogen) atoms. The Hall–Kier alpha value is -2.60. The van der Waals surface area contributed by atoms with Gasteiger partial charge in [-0.25, -0.2) is 0 Å². The molecule has 0 radical (unpaired) electrons. The second kappa shape index (κ2) is 6.71. The molecule has 2 rings (SSSR count). The summed E-state index contributed by atoms with van der Waals surface area (Å²) in [6.07, 6.45) is 0. The zero-order valence-electron chi connectivity index (χ0n) is 11.7. The summed E-state index contributed by atoms with van der Waals surface area (Å²) >= 11 is 0. The first kappa shape index (κ1) is 14.8. The lowest BCUT2D eigenvalue weighted by molar-refractivity contribution is 0.221. The number of ether oxygens (including phenoxy) is 2. The summed E-state index contributed by atoms with van der Waals surface area (Å²) in [4.78, 5) is 0. The van der Waals surface area contributed by atoms with Gasteiger partial charge >= 0.3 is 0 Å². The van der Waals surface area contributed by atoms with E-state index in [0.717, 1.165) is 0 Å². The maximum Gasteiger partial charge on any atom is 0.142 e. The highest BCUT2D eigenvalue weighted by Crippen LogP contribution is 2.23. The maximum absolute atomic E-state index is 5.94. The van der Waals surface area contributed by atoms with Crippen LogP contribution < -0.4 is 32.4 Å². The second-order valence-corrected chi connectivity index (χ2v) is 4.75. The summed E-state index contributed by atoms with van der Waals surface area (Å²) in [5.41, 5.74) is 24.7. The van der Waals surface area contributed by atoms with E-state index >= 15 is 0 Å². The van der Waals surface area contributed by atoms with Crippen molar-refractivity contribution >= 4 is 17.1 Å². The van der Waals surface area contributed by atoms with E-state index < -0.39 is 0 Å². The van der Waals surface area contributed by atoms with Gasteiger partial charge < -0.3 is 32.4 Å². The summed E-state index contributed by atoms with van der Waals surface area (Å²) in [5.74, 6) is 1.28. The fourth-order valence-electron chi connectivity index (χ4n) is 1.71. The van der Waals surface area contributed by atoms with Crippen molar-refractivity contribution in [2.24, 2.45) is 5.73 Å². The second-order valence-electron chi connectivity index (χ2n) is 4.75. The molecule has 0 saturated carbocycles. The first-order chi connectivity index (χ1) is 10.0. The Morgan fingerprint density at radius 3 is 2.10 bits per heavy atom. The van der Waals surface area contributed by atoms with Gasteiger partial charge in [-0.1, -0.05) is 0 Å². The van der Waals surface area contributed by atoms with Crippen LogP contribution in [0.1, 0.15) is 0 Å². The lowest BCUT2D eigenvalue weighted by Gasteiger charge is -2.15. The Bertz CT molecular complexity index is 587. The van der Waals surface area contributed by atoms with Crippen molar-refractivity contribution in [2.45, 2.75) is 6.04 Å². The minimum absolute atomic E-state index is 0.278. The molecule has 0 aromatic heterocycles. The van der Waals surface area contributed by atoms with Crippen LogP contribution in [-0.4, -0.2) is 19.3 Å². The Kier molecular flexibility index (Phi) is 4.73. The molecule has 6 heteroatoms. The molecule has 1 unspecified atom stereocenters. The fraction of sp³-hybridized carbons (Fsp3) is 0.200. The molecule has 0 aliphatic rings. The molecular formula is C15H20N4O2. The quantitative estimate of drug-likeness (QED) is 0.593. The van der Waals surface area contributed by atoms with Crippen molar-refractivity contribution in [3.63, 3.8) is 0 Å². The lowest BCUT2D eigenvalue weighted by Crippen LogP contribution is -2.34. The van der Waals surface area contributed by atoms with Gasteiger partial charge in [0.15, 0.2) is 0 Å². The highest BCUT2D eigenvalue weighted by atomic mass is 16.5. The zero-order valence-corrected chi connectivity index (χ0v) is 11.7. The van der Waals surface area contributed by atoms with Gasteiger partial charge in [0, 0.05) is 11.4 Å². The highest BCUT2D eigenvalue weighted by Gasteiger charge is 2.07. The molecule has 2 aromatic rings. The predicted molar refractivity (Wildman–Crippen MR) is 85.1 cm³/mol. The molecule has 8 N–H and O–H groups in total. The minimum Gasteiger partial charge on any atom is -0.492 e. The molecule has 0 aliphatic carbocycles. The standard InChI is InChI=1S/C15H20N4O2/c16-10-1-4-13(5-2-10)20-8-12(18)9-21-15-6-3-11(17)7-14(15)19/h1-7,12H,8-9,16-19H2. The molecule has 0 aliphatic heterocycles. The van der Waals surface area contributed by atoms with Crippen LogP contribution >= 0.6 is 0 Å². The first-order valence-corrected chi connectivity index (χ1v) is 6.56. The largest absolute Gasteiger partial charge is 0.492 e. The molecular weight excluding hydrogens is 268 g/mol. The van der Waals surface area contributed by atoms with Crippen LogP contribution in [0.15, 0.2) is 42.5 Å². The third kappa shape index (κ3) is 4.47. The number of nitrogens with two attached hydrogens (primary N) is 4. The summed E-state index contributed by atoms with van der Waals surface area (Å²) < 4.78 is 11.1. The Balaban J connectivity index is 1.79. The third-order valence-corrected chi connectivity index (χ3v) is 2.83. The summed E-state index contributed by atoms with van der Waals surface area (Å²) in [6, 6.07) is 11.9. The van der Waals surface area contributed by atoms with Crippen LogP contribution in [0.2, 0.25) is 0 Å². The van der Waals surface area contributed by atoms with E-state index in [1.807, 2.05) is 0 Å². The molecule has 0 fully saturated rings. The Labute approximate surface area is 123 Å². The monoisotopic (exact) mass is 288 g/mol. The number of anilines is 3. The van der Waals surface area contributed by atoms with E-state index in [0.29, 0.717) is 41.8 Å². The van der Waals surface area contributed by atoms with Crippen LogP contribution in [0.3, 0.4) is 0 Å². The minimum atomic E-state index is -0.278. The van der Waals surface area contributed by atoms with Gasteiger partial charge in [-0.05, 0) is 42.5 Å². The molecule has 112 valence electrons. The van der Waals surface area contributed by atoms with E-state index in [9.17, 15) is 0 Å². The number of benzene rings is 2. The van der Waals surface area contributed by atoms with Gasteiger partial charge in [-0.15, -0.1) is 0 Å². The van der Waals surface area contributed by atoms with E-state index in [1.54, 1.807) is 42.5 Å². The first-order valence-electron chi connectivity index (χ1n) is 6.56. The average molecular weight is 288 g/mol. The van der Waals surface area contributed by atoms with Crippen LogP contribution in [0.25, 0.3) is 0 Å².